The summed E-state index contributed by atoms with van der Waals surface area (Å²) in [6.45, 7) is 9.96. The lowest BCUT2D eigenvalue weighted by Crippen LogP contribution is -2.28. The SMILES string of the molecule is CCCN(CCC(C)O)c1ccc(C)c(C)n1. The molecular formula is C14H24N2O. The smallest absolute Gasteiger partial charge is 0.128 e. The summed E-state index contributed by atoms with van der Waals surface area (Å²) in [5.74, 6) is 1.02. The van der Waals surface area contributed by atoms with Gasteiger partial charge in [0.05, 0.1) is 6.10 Å². The summed E-state index contributed by atoms with van der Waals surface area (Å²) >= 11 is 0. The fourth-order valence-corrected chi connectivity index (χ4v) is 1.75. The van der Waals surface area contributed by atoms with Crippen molar-refractivity contribution in [3.63, 3.8) is 0 Å². The van der Waals surface area contributed by atoms with Crippen molar-refractivity contribution in [2.75, 3.05) is 18.0 Å². The molecule has 1 aromatic heterocycles. The Morgan fingerprint density at radius 3 is 2.53 bits per heavy atom. The third kappa shape index (κ3) is 4.35. The largest absolute Gasteiger partial charge is 0.393 e. The highest BCUT2D eigenvalue weighted by molar-refractivity contribution is 5.41. The molecule has 0 spiro atoms. The van der Waals surface area contributed by atoms with Crippen LogP contribution in [0.25, 0.3) is 0 Å². The van der Waals surface area contributed by atoms with Crippen LogP contribution in [0.1, 0.15) is 37.9 Å². The van der Waals surface area contributed by atoms with E-state index in [0.29, 0.717) is 0 Å². The molecule has 3 heteroatoms. The molecule has 1 unspecified atom stereocenters. The molecule has 0 amide bonds. The van der Waals surface area contributed by atoms with Crippen LogP contribution < -0.4 is 4.90 Å². The van der Waals surface area contributed by atoms with E-state index in [9.17, 15) is 5.11 Å². The molecule has 17 heavy (non-hydrogen) atoms. The Hall–Kier alpha value is -1.09. The maximum atomic E-state index is 9.37. The van der Waals surface area contributed by atoms with Gasteiger partial charge in [-0.3, -0.25) is 0 Å². The highest BCUT2D eigenvalue weighted by Gasteiger charge is 2.09. The topological polar surface area (TPSA) is 36.4 Å². The van der Waals surface area contributed by atoms with E-state index in [1.807, 2.05) is 13.8 Å². The van der Waals surface area contributed by atoms with Gasteiger partial charge in [-0.2, -0.15) is 0 Å². The number of pyridine rings is 1. The standard InChI is InChI=1S/C14H24N2O/c1-5-9-16(10-8-12(3)17)14-7-6-11(2)13(4)15-14/h6-7,12,17H,5,8-10H2,1-4H3. The number of aryl methyl sites for hydroxylation is 2. The van der Waals surface area contributed by atoms with Crippen molar-refractivity contribution in [2.24, 2.45) is 0 Å². The van der Waals surface area contributed by atoms with Crippen LogP contribution in [0.3, 0.4) is 0 Å². The Morgan fingerprint density at radius 1 is 1.29 bits per heavy atom. The van der Waals surface area contributed by atoms with Gasteiger partial charge in [-0.15, -0.1) is 0 Å². The molecule has 96 valence electrons. The van der Waals surface area contributed by atoms with Crippen molar-refractivity contribution in [2.45, 2.75) is 46.6 Å². The van der Waals surface area contributed by atoms with Crippen LogP contribution >= 0.6 is 0 Å². The van der Waals surface area contributed by atoms with Gasteiger partial charge in [-0.1, -0.05) is 13.0 Å². The predicted octanol–water partition coefficient (Wildman–Crippen LogP) is 2.69. The number of hydrogen-bond donors (Lipinski definition) is 1. The van der Waals surface area contributed by atoms with Gasteiger partial charge in [0, 0.05) is 18.8 Å². The van der Waals surface area contributed by atoms with E-state index >= 15 is 0 Å². The number of aliphatic hydroxyl groups excluding tert-OH is 1. The minimum absolute atomic E-state index is 0.249. The molecule has 1 N–H and O–H groups in total. The number of rotatable bonds is 6. The summed E-state index contributed by atoms with van der Waals surface area (Å²) in [6.07, 6.45) is 1.63. The normalized spacial score (nSPS) is 12.5. The van der Waals surface area contributed by atoms with Gasteiger partial charge in [0.2, 0.25) is 0 Å². The van der Waals surface area contributed by atoms with E-state index in [-0.39, 0.29) is 6.10 Å². The van der Waals surface area contributed by atoms with E-state index in [2.05, 4.69) is 35.9 Å². The van der Waals surface area contributed by atoms with Crippen molar-refractivity contribution in [1.29, 1.82) is 0 Å². The van der Waals surface area contributed by atoms with Crippen molar-refractivity contribution < 1.29 is 5.11 Å². The van der Waals surface area contributed by atoms with Crippen LogP contribution in [-0.4, -0.2) is 29.3 Å². The molecule has 1 rings (SSSR count). The average Bonchev–Trinajstić information content (AvgIpc) is 2.28. The van der Waals surface area contributed by atoms with E-state index in [0.717, 1.165) is 37.4 Å². The highest BCUT2D eigenvalue weighted by Crippen LogP contribution is 2.15. The molecule has 0 aliphatic rings. The predicted molar refractivity (Wildman–Crippen MR) is 72.5 cm³/mol. The van der Waals surface area contributed by atoms with Crippen LogP contribution in [0, 0.1) is 13.8 Å². The molecule has 0 aliphatic carbocycles. The summed E-state index contributed by atoms with van der Waals surface area (Å²) in [7, 11) is 0. The summed E-state index contributed by atoms with van der Waals surface area (Å²) in [6, 6.07) is 4.18. The zero-order chi connectivity index (χ0) is 12.8. The minimum atomic E-state index is -0.249. The molecule has 0 fully saturated rings. The summed E-state index contributed by atoms with van der Waals surface area (Å²) in [5, 5.41) is 9.37. The van der Waals surface area contributed by atoms with E-state index < -0.39 is 0 Å². The fourth-order valence-electron chi connectivity index (χ4n) is 1.75. The Morgan fingerprint density at radius 2 is 2.00 bits per heavy atom. The molecular weight excluding hydrogens is 212 g/mol. The third-order valence-electron chi connectivity index (χ3n) is 2.97. The molecule has 1 aromatic rings. The van der Waals surface area contributed by atoms with Gasteiger partial charge in [-0.05, 0) is 45.2 Å². The number of aliphatic hydroxyl groups is 1. The monoisotopic (exact) mass is 236 g/mol. The van der Waals surface area contributed by atoms with Crippen molar-refractivity contribution >= 4 is 5.82 Å². The maximum Gasteiger partial charge on any atom is 0.128 e. The minimum Gasteiger partial charge on any atom is -0.393 e. The summed E-state index contributed by atoms with van der Waals surface area (Å²) in [5.41, 5.74) is 2.31. The lowest BCUT2D eigenvalue weighted by atomic mass is 10.2. The first-order chi connectivity index (χ1) is 8.04. The fraction of sp³-hybridized carbons (Fsp3) is 0.643. The lowest BCUT2D eigenvalue weighted by molar-refractivity contribution is 0.186. The molecule has 3 nitrogen and oxygen atoms in total. The molecule has 0 aromatic carbocycles. The van der Waals surface area contributed by atoms with E-state index in [4.69, 9.17) is 0 Å². The number of anilines is 1. The number of nitrogens with zero attached hydrogens (tertiary/aromatic N) is 2. The first-order valence-corrected chi connectivity index (χ1v) is 6.41. The third-order valence-corrected chi connectivity index (χ3v) is 2.97. The second-order valence-electron chi connectivity index (χ2n) is 4.70. The van der Waals surface area contributed by atoms with Gasteiger partial charge in [-0.25, -0.2) is 4.98 Å². The van der Waals surface area contributed by atoms with E-state index in [1.54, 1.807) is 0 Å². The molecule has 0 radical (unpaired) electrons. The van der Waals surface area contributed by atoms with Gasteiger partial charge in [0.15, 0.2) is 0 Å². The molecule has 0 saturated heterocycles. The first kappa shape index (κ1) is 14.0. The maximum absolute atomic E-state index is 9.37. The van der Waals surface area contributed by atoms with Gasteiger partial charge < -0.3 is 10.0 Å². The molecule has 1 atom stereocenters. The quantitative estimate of drug-likeness (QED) is 0.825. The number of aromatic nitrogens is 1. The number of hydrogen-bond acceptors (Lipinski definition) is 3. The summed E-state index contributed by atoms with van der Waals surface area (Å²) < 4.78 is 0. The van der Waals surface area contributed by atoms with Crippen LogP contribution in [-0.2, 0) is 0 Å². The average molecular weight is 236 g/mol. The Kier molecular flexibility index (Phi) is 5.42. The Bertz CT molecular complexity index is 350. The summed E-state index contributed by atoms with van der Waals surface area (Å²) in [4.78, 5) is 6.86. The lowest BCUT2D eigenvalue weighted by Gasteiger charge is -2.24. The van der Waals surface area contributed by atoms with Crippen molar-refractivity contribution in [1.82, 2.24) is 4.98 Å². The van der Waals surface area contributed by atoms with Crippen LogP contribution in [0.2, 0.25) is 0 Å². The van der Waals surface area contributed by atoms with Crippen LogP contribution in [0.15, 0.2) is 12.1 Å². The molecule has 0 bridgehead atoms. The van der Waals surface area contributed by atoms with Crippen LogP contribution in [0.5, 0.6) is 0 Å². The molecule has 1 heterocycles. The molecule has 0 aliphatic heterocycles. The molecule has 0 saturated carbocycles. The zero-order valence-electron chi connectivity index (χ0n) is 11.4. The second-order valence-corrected chi connectivity index (χ2v) is 4.70. The zero-order valence-corrected chi connectivity index (χ0v) is 11.4. The Labute approximate surface area is 104 Å². The van der Waals surface area contributed by atoms with Crippen molar-refractivity contribution in [3.8, 4) is 0 Å². The Balaban J connectivity index is 2.77. The second kappa shape index (κ2) is 6.60. The van der Waals surface area contributed by atoms with Gasteiger partial charge >= 0.3 is 0 Å². The van der Waals surface area contributed by atoms with E-state index in [1.165, 1.54) is 5.56 Å². The highest BCUT2D eigenvalue weighted by atomic mass is 16.3. The first-order valence-electron chi connectivity index (χ1n) is 6.41. The van der Waals surface area contributed by atoms with Crippen molar-refractivity contribution in [3.05, 3.63) is 23.4 Å². The van der Waals surface area contributed by atoms with Gasteiger partial charge in [0.1, 0.15) is 5.82 Å². The van der Waals surface area contributed by atoms with Crippen LogP contribution in [0.4, 0.5) is 5.82 Å². The van der Waals surface area contributed by atoms with Gasteiger partial charge in [0.25, 0.3) is 0 Å².